The fourth-order valence-corrected chi connectivity index (χ4v) is 2.48. The number of hydrogen-bond donors (Lipinski definition) is 1. The number of aryl methyl sites for hydroxylation is 1. The van der Waals surface area contributed by atoms with E-state index in [4.69, 9.17) is 5.26 Å². The molecule has 2 aromatic heterocycles. The van der Waals surface area contributed by atoms with Gasteiger partial charge in [0.2, 0.25) is 0 Å². The van der Waals surface area contributed by atoms with Crippen LogP contribution in [0, 0.1) is 11.3 Å². The van der Waals surface area contributed by atoms with Gasteiger partial charge in [0.25, 0.3) is 0 Å². The Morgan fingerprint density at radius 2 is 2.37 bits per heavy atom. The first-order valence-corrected chi connectivity index (χ1v) is 6.48. The summed E-state index contributed by atoms with van der Waals surface area (Å²) in [5, 5.41) is 16.3. The standard InChI is InChI=1S/C14H15N5/c1-2-12-11-9-19(6-5-13(11)18-17-12)14-4-3-10(7-15)8-16-14/h3-4,8H,2,5-6,9H2,1H3,(H,17,18). The number of H-pyrrole nitrogens is 1. The fourth-order valence-electron chi connectivity index (χ4n) is 2.48. The predicted octanol–water partition coefficient (Wildman–Crippen LogP) is 1.80. The fraction of sp³-hybridized carbons (Fsp3) is 0.357. The quantitative estimate of drug-likeness (QED) is 0.886. The zero-order chi connectivity index (χ0) is 13.2. The zero-order valence-corrected chi connectivity index (χ0v) is 10.8. The SMILES string of the molecule is CCc1n[nH]c2c1CN(c1ccc(C#N)cn1)CC2. The first-order valence-electron chi connectivity index (χ1n) is 6.48. The molecule has 1 N–H and O–H groups in total. The van der Waals surface area contributed by atoms with Gasteiger partial charge in [0.1, 0.15) is 11.9 Å². The Balaban J connectivity index is 1.86. The minimum absolute atomic E-state index is 0.596. The van der Waals surface area contributed by atoms with Crippen LogP contribution in [0.25, 0.3) is 0 Å². The number of anilines is 1. The molecule has 1 aliphatic heterocycles. The summed E-state index contributed by atoms with van der Waals surface area (Å²) in [4.78, 5) is 6.59. The number of pyridine rings is 1. The van der Waals surface area contributed by atoms with E-state index < -0.39 is 0 Å². The van der Waals surface area contributed by atoms with Crippen molar-refractivity contribution < 1.29 is 0 Å². The summed E-state index contributed by atoms with van der Waals surface area (Å²) in [6.07, 6.45) is 3.53. The first kappa shape index (κ1) is 11.7. The molecule has 0 aliphatic carbocycles. The summed E-state index contributed by atoms with van der Waals surface area (Å²) in [6.45, 7) is 3.89. The normalized spacial score (nSPS) is 14.0. The smallest absolute Gasteiger partial charge is 0.128 e. The number of hydrogen-bond acceptors (Lipinski definition) is 4. The Morgan fingerprint density at radius 3 is 3.05 bits per heavy atom. The molecule has 0 unspecified atom stereocenters. The molecule has 0 atom stereocenters. The molecular formula is C14H15N5. The molecular weight excluding hydrogens is 238 g/mol. The third-order valence-electron chi connectivity index (χ3n) is 3.55. The van der Waals surface area contributed by atoms with Crippen molar-refractivity contribution in [2.45, 2.75) is 26.3 Å². The lowest BCUT2D eigenvalue weighted by Crippen LogP contribution is -2.31. The minimum atomic E-state index is 0.596. The molecule has 0 aromatic carbocycles. The molecule has 19 heavy (non-hydrogen) atoms. The maximum Gasteiger partial charge on any atom is 0.128 e. The van der Waals surface area contributed by atoms with Gasteiger partial charge in [-0.2, -0.15) is 10.4 Å². The van der Waals surface area contributed by atoms with Crippen molar-refractivity contribution in [1.82, 2.24) is 15.2 Å². The molecule has 0 amide bonds. The van der Waals surface area contributed by atoms with Gasteiger partial charge in [0.15, 0.2) is 0 Å². The molecule has 3 heterocycles. The molecule has 5 nitrogen and oxygen atoms in total. The van der Waals surface area contributed by atoms with E-state index in [1.807, 2.05) is 12.1 Å². The lowest BCUT2D eigenvalue weighted by Gasteiger charge is -2.28. The minimum Gasteiger partial charge on any atom is -0.352 e. The molecule has 0 bridgehead atoms. The van der Waals surface area contributed by atoms with Gasteiger partial charge < -0.3 is 4.90 Å². The van der Waals surface area contributed by atoms with Gasteiger partial charge in [0.05, 0.1) is 11.3 Å². The van der Waals surface area contributed by atoms with E-state index in [1.54, 1.807) is 6.20 Å². The van der Waals surface area contributed by atoms with Crippen molar-refractivity contribution in [2.75, 3.05) is 11.4 Å². The van der Waals surface area contributed by atoms with Crippen LogP contribution in [0.4, 0.5) is 5.82 Å². The largest absolute Gasteiger partial charge is 0.352 e. The molecule has 0 radical (unpaired) electrons. The number of nitrogens with zero attached hydrogens (tertiary/aromatic N) is 4. The first-order chi connectivity index (χ1) is 9.31. The van der Waals surface area contributed by atoms with Gasteiger partial charge >= 0.3 is 0 Å². The zero-order valence-electron chi connectivity index (χ0n) is 10.8. The highest BCUT2D eigenvalue weighted by Crippen LogP contribution is 2.24. The average molecular weight is 253 g/mol. The van der Waals surface area contributed by atoms with E-state index in [0.717, 1.165) is 37.4 Å². The maximum absolute atomic E-state index is 8.79. The number of fused-ring (bicyclic) bond motifs is 1. The van der Waals surface area contributed by atoms with Gasteiger partial charge in [-0.3, -0.25) is 5.10 Å². The van der Waals surface area contributed by atoms with Gasteiger partial charge in [-0.25, -0.2) is 4.98 Å². The predicted molar refractivity (Wildman–Crippen MR) is 71.7 cm³/mol. The van der Waals surface area contributed by atoms with Crippen LogP contribution in [0.1, 0.15) is 29.4 Å². The van der Waals surface area contributed by atoms with Crippen LogP contribution >= 0.6 is 0 Å². The Kier molecular flexibility index (Phi) is 2.92. The highest BCUT2D eigenvalue weighted by molar-refractivity contribution is 5.45. The van der Waals surface area contributed by atoms with E-state index in [2.05, 4.69) is 33.1 Å². The molecule has 0 saturated carbocycles. The van der Waals surface area contributed by atoms with E-state index in [9.17, 15) is 0 Å². The molecule has 1 aliphatic rings. The van der Waals surface area contributed by atoms with Crippen LogP contribution in [0.3, 0.4) is 0 Å². The van der Waals surface area contributed by atoms with Crippen molar-refractivity contribution in [2.24, 2.45) is 0 Å². The van der Waals surface area contributed by atoms with Crippen LogP contribution in [-0.2, 0) is 19.4 Å². The monoisotopic (exact) mass is 253 g/mol. The van der Waals surface area contributed by atoms with E-state index in [0.29, 0.717) is 5.56 Å². The summed E-state index contributed by atoms with van der Waals surface area (Å²) in [5.41, 5.74) is 4.30. The molecule has 96 valence electrons. The van der Waals surface area contributed by atoms with E-state index in [1.165, 1.54) is 11.3 Å². The Morgan fingerprint density at radius 1 is 1.47 bits per heavy atom. The average Bonchev–Trinajstić information content (AvgIpc) is 2.89. The summed E-state index contributed by atoms with van der Waals surface area (Å²) in [5.74, 6) is 0.924. The Bertz CT molecular complexity index is 607. The van der Waals surface area contributed by atoms with Gasteiger partial charge in [-0.1, -0.05) is 6.92 Å². The summed E-state index contributed by atoms with van der Waals surface area (Å²) in [6, 6.07) is 5.82. The second kappa shape index (κ2) is 4.73. The van der Waals surface area contributed by atoms with Crippen LogP contribution in [0.15, 0.2) is 18.3 Å². The number of nitriles is 1. The lowest BCUT2D eigenvalue weighted by atomic mass is 10.0. The van der Waals surface area contributed by atoms with E-state index in [-0.39, 0.29) is 0 Å². The van der Waals surface area contributed by atoms with Crippen LogP contribution < -0.4 is 4.90 Å². The number of aromatic nitrogens is 3. The van der Waals surface area contributed by atoms with Gasteiger partial charge in [-0.05, 0) is 18.6 Å². The molecule has 0 fully saturated rings. The Labute approximate surface area is 111 Å². The highest BCUT2D eigenvalue weighted by Gasteiger charge is 2.21. The number of aromatic amines is 1. The van der Waals surface area contributed by atoms with Crippen LogP contribution in [-0.4, -0.2) is 21.7 Å². The van der Waals surface area contributed by atoms with Crippen molar-refractivity contribution >= 4 is 5.82 Å². The highest BCUT2D eigenvalue weighted by atomic mass is 15.2. The van der Waals surface area contributed by atoms with Crippen molar-refractivity contribution in [3.63, 3.8) is 0 Å². The van der Waals surface area contributed by atoms with Gasteiger partial charge in [-0.15, -0.1) is 0 Å². The molecule has 0 saturated heterocycles. The van der Waals surface area contributed by atoms with E-state index >= 15 is 0 Å². The third-order valence-corrected chi connectivity index (χ3v) is 3.55. The molecule has 0 spiro atoms. The van der Waals surface area contributed by atoms with Crippen molar-refractivity contribution in [3.8, 4) is 6.07 Å². The topological polar surface area (TPSA) is 68.6 Å². The summed E-state index contributed by atoms with van der Waals surface area (Å²) in [7, 11) is 0. The number of nitrogens with one attached hydrogen (secondary N) is 1. The summed E-state index contributed by atoms with van der Waals surface area (Å²) >= 11 is 0. The van der Waals surface area contributed by atoms with Gasteiger partial charge in [0, 0.05) is 37.0 Å². The number of rotatable bonds is 2. The Hall–Kier alpha value is -2.35. The second-order valence-electron chi connectivity index (χ2n) is 4.67. The van der Waals surface area contributed by atoms with Crippen molar-refractivity contribution in [1.29, 1.82) is 5.26 Å². The lowest BCUT2D eigenvalue weighted by molar-refractivity contribution is 0.708. The summed E-state index contributed by atoms with van der Waals surface area (Å²) < 4.78 is 0. The molecule has 2 aromatic rings. The third kappa shape index (κ3) is 2.06. The molecule has 3 rings (SSSR count). The van der Waals surface area contributed by atoms with Crippen LogP contribution in [0.2, 0.25) is 0 Å². The second-order valence-corrected chi connectivity index (χ2v) is 4.67. The van der Waals surface area contributed by atoms with Crippen molar-refractivity contribution in [3.05, 3.63) is 40.8 Å². The van der Waals surface area contributed by atoms with Crippen LogP contribution in [0.5, 0.6) is 0 Å². The molecule has 5 heteroatoms. The maximum atomic E-state index is 8.79.